The molecule has 3 aromatic carbocycles. The first-order valence-corrected chi connectivity index (χ1v) is 10.0. The van der Waals surface area contributed by atoms with Gasteiger partial charge in [-0.3, -0.25) is 0 Å². The first-order valence-electron chi connectivity index (χ1n) is 8.40. The molecular weight excluding hydrogens is 354 g/mol. The number of benzene rings is 3. The molecule has 1 aromatic heterocycles. The molecule has 0 bridgehead atoms. The minimum Gasteiger partial charge on any atom is -0.237 e. The molecule has 126 valence electrons. The van der Waals surface area contributed by atoms with Gasteiger partial charge in [-0.2, -0.15) is 0 Å². The Kier molecular flexibility index (Phi) is 5.29. The summed E-state index contributed by atoms with van der Waals surface area (Å²) in [5.41, 5.74) is 2.25. The van der Waals surface area contributed by atoms with Crippen LogP contribution in [0.4, 0.5) is 0 Å². The lowest BCUT2D eigenvalue weighted by Crippen LogP contribution is -1.75. The highest BCUT2D eigenvalue weighted by Gasteiger charge is 1.98. The van der Waals surface area contributed by atoms with E-state index in [1.807, 2.05) is 30.3 Å². The van der Waals surface area contributed by atoms with Gasteiger partial charge in [0.05, 0.1) is 10.2 Å². The zero-order valence-electron chi connectivity index (χ0n) is 14.1. The molecule has 0 spiro atoms. The van der Waals surface area contributed by atoms with Gasteiger partial charge in [-0.1, -0.05) is 72.5 Å². The van der Waals surface area contributed by atoms with Crippen LogP contribution >= 0.6 is 23.1 Å². The Hall–Kier alpha value is -2.62. The first-order chi connectivity index (χ1) is 12.9. The molecule has 0 saturated heterocycles. The molecule has 4 aromatic rings. The van der Waals surface area contributed by atoms with E-state index < -0.39 is 0 Å². The summed E-state index contributed by atoms with van der Waals surface area (Å²) in [6, 6.07) is 27.3. The molecule has 0 aliphatic heterocycles. The number of rotatable bonds is 5. The fourth-order valence-electron chi connectivity index (χ4n) is 2.54. The summed E-state index contributed by atoms with van der Waals surface area (Å²) in [6.07, 6.45) is 8.28. The predicted molar refractivity (Wildman–Crippen MR) is 115 cm³/mol. The van der Waals surface area contributed by atoms with Crippen LogP contribution in [0, 0.1) is 0 Å². The van der Waals surface area contributed by atoms with Crippen LogP contribution in [0.3, 0.4) is 0 Å². The summed E-state index contributed by atoms with van der Waals surface area (Å²) in [5, 5.41) is 1.03. The number of hydrogen-bond acceptors (Lipinski definition) is 3. The summed E-state index contributed by atoms with van der Waals surface area (Å²) >= 11 is 3.49. The van der Waals surface area contributed by atoms with Crippen LogP contribution in [0.1, 0.15) is 10.6 Å². The third-order valence-electron chi connectivity index (χ3n) is 3.81. The van der Waals surface area contributed by atoms with E-state index in [-0.39, 0.29) is 0 Å². The lowest BCUT2D eigenvalue weighted by molar-refractivity contribution is 1.40. The molecule has 0 N–H and O–H groups in total. The molecule has 0 amide bonds. The molecule has 4 rings (SSSR count). The van der Waals surface area contributed by atoms with Crippen LogP contribution in [0.15, 0.2) is 101 Å². The van der Waals surface area contributed by atoms with Crippen molar-refractivity contribution >= 4 is 45.5 Å². The van der Waals surface area contributed by atoms with Gasteiger partial charge < -0.3 is 0 Å². The topological polar surface area (TPSA) is 12.9 Å². The average Bonchev–Trinajstić information content (AvgIpc) is 3.10. The minimum atomic E-state index is 1.03. The fourth-order valence-corrected chi connectivity index (χ4v) is 4.26. The number of nitrogens with zero attached hydrogens (tertiary/aromatic N) is 1. The third kappa shape index (κ3) is 4.31. The summed E-state index contributed by atoms with van der Waals surface area (Å²) in [4.78, 5) is 7.11. The van der Waals surface area contributed by atoms with E-state index >= 15 is 0 Å². The molecule has 0 aliphatic carbocycles. The highest BCUT2D eigenvalue weighted by Crippen LogP contribution is 2.27. The maximum Gasteiger partial charge on any atom is 0.117 e. The van der Waals surface area contributed by atoms with Crippen molar-refractivity contribution in [2.75, 3.05) is 0 Å². The van der Waals surface area contributed by atoms with E-state index in [9.17, 15) is 0 Å². The summed E-state index contributed by atoms with van der Waals surface area (Å²) in [7, 11) is 0. The van der Waals surface area contributed by atoms with Crippen molar-refractivity contribution in [1.82, 2.24) is 4.98 Å². The van der Waals surface area contributed by atoms with Crippen LogP contribution in [0.25, 0.3) is 22.4 Å². The number of para-hydroxylation sites is 1. The molecule has 0 unspecified atom stereocenters. The summed E-state index contributed by atoms with van der Waals surface area (Å²) < 4.78 is 1.22. The normalized spacial score (nSPS) is 11.7. The monoisotopic (exact) mass is 371 g/mol. The van der Waals surface area contributed by atoms with Gasteiger partial charge in [-0.25, -0.2) is 4.98 Å². The van der Waals surface area contributed by atoms with Crippen molar-refractivity contribution in [1.29, 1.82) is 0 Å². The highest BCUT2D eigenvalue weighted by molar-refractivity contribution is 7.99. The molecule has 0 saturated carbocycles. The van der Waals surface area contributed by atoms with Crippen molar-refractivity contribution < 1.29 is 0 Å². The van der Waals surface area contributed by atoms with Crippen LogP contribution in [0.2, 0.25) is 0 Å². The van der Waals surface area contributed by atoms with E-state index in [4.69, 9.17) is 0 Å². The maximum absolute atomic E-state index is 4.60. The van der Waals surface area contributed by atoms with Crippen LogP contribution < -0.4 is 0 Å². The van der Waals surface area contributed by atoms with Crippen molar-refractivity contribution in [2.24, 2.45) is 0 Å². The van der Waals surface area contributed by atoms with Gasteiger partial charge in [-0.15, -0.1) is 11.3 Å². The van der Waals surface area contributed by atoms with Gasteiger partial charge in [0.25, 0.3) is 0 Å². The van der Waals surface area contributed by atoms with Gasteiger partial charge in [0.2, 0.25) is 0 Å². The average molecular weight is 372 g/mol. The number of fused-ring (bicyclic) bond motifs is 1. The molecule has 0 radical (unpaired) electrons. The first kappa shape index (κ1) is 16.8. The lowest BCUT2D eigenvalue weighted by Gasteiger charge is -2.01. The predicted octanol–water partition coefficient (Wildman–Crippen LogP) is 7.17. The molecule has 3 heteroatoms. The number of allylic oxidation sites excluding steroid dienone is 2. The molecule has 26 heavy (non-hydrogen) atoms. The second-order valence-electron chi connectivity index (χ2n) is 5.72. The maximum atomic E-state index is 4.60. The molecule has 1 nitrogen and oxygen atoms in total. The number of thiazole rings is 1. The van der Waals surface area contributed by atoms with Crippen molar-refractivity contribution in [3.63, 3.8) is 0 Å². The Morgan fingerprint density at radius 3 is 2.19 bits per heavy atom. The zero-order chi connectivity index (χ0) is 17.6. The molecule has 1 heterocycles. The quantitative estimate of drug-likeness (QED) is 0.345. The van der Waals surface area contributed by atoms with E-state index in [0.717, 1.165) is 10.5 Å². The summed E-state index contributed by atoms with van der Waals surface area (Å²) in [6.45, 7) is 0. The number of aromatic nitrogens is 1. The second-order valence-corrected chi connectivity index (χ2v) is 7.93. The SMILES string of the molecule is C(=C/c1nc2ccccc2s1)/C=C/c1ccc(Sc2ccccc2)cc1. The highest BCUT2D eigenvalue weighted by atomic mass is 32.2. The molecule has 0 atom stereocenters. The number of hydrogen-bond donors (Lipinski definition) is 0. The Bertz CT molecular complexity index is 1010. The Balaban J connectivity index is 1.39. The fraction of sp³-hybridized carbons (Fsp3) is 0. The standard InChI is InChI=1S/C23H17NS2/c1-2-9-19(10-3-1)25-20-16-14-18(15-17-20)8-4-7-13-23-24-21-11-5-6-12-22(21)26-23/h1-17H/b8-4+,13-7-. The van der Waals surface area contributed by atoms with Gasteiger partial charge in [-0.05, 0) is 48.0 Å². The van der Waals surface area contributed by atoms with E-state index in [0.29, 0.717) is 0 Å². The van der Waals surface area contributed by atoms with Crippen molar-refractivity contribution in [3.8, 4) is 0 Å². The Morgan fingerprint density at radius 2 is 1.38 bits per heavy atom. The molecule has 0 aliphatic rings. The Labute approximate surface area is 161 Å². The lowest BCUT2D eigenvalue weighted by atomic mass is 10.2. The van der Waals surface area contributed by atoms with Crippen LogP contribution in [-0.2, 0) is 0 Å². The van der Waals surface area contributed by atoms with E-state index in [1.165, 1.54) is 20.1 Å². The molecule has 0 fully saturated rings. The van der Waals surface area contributed by atoms with Crippen molar-refractivity contribution in [3.05, 3.63) is 102 Å². The van der Waals surface area contributed by atoms with Crippen molar-refractivity contribution in [2.45, 2.75) is 9.79 Å². The van der Waals surface area contributed by atoms with Gasteiger partial charge in [0.15, 0.2) is 0 Å². The Morgan fingerprint density at radius 1 is 0.692 bits per heavy atom. The van der Waals surface area contributed by atoms with Gasteiger partial charge in [0.1, 0.15) is 5.01 Å². The van der Waals surface area contributed by atoms with E-state index in [2.05, 4.69) is 77.8 Å². The second kappa shape index (κ2) is 8.17. The summed E-state index contributed by atoms with van der Waals surface area (Å²) in [5.74, 6) is 0. The molecular formula is C23H17NS2. The van der Waals surface area contributed by atoms with Crippen LogP contribution in [-0.4, -0.2) is 4.98 Å². The smallest absolute Gasteiger partial charge is 0.117 e. The third-order valence-corrected chi connectivity index (χ3v) is 5.83. The largest absolute Gasteiger partial charge is 0.237 e. The van der Waals surface area contributed by atoms with Crippen LogP contribution in [0.5, 0.6) is 0 Å². The van der Waals surface area contributed by atoms with Gasteiger partial charge in [0, 0.05) is 9.79 Å². The zero-order valence-corrected chi connectivity index (χ0v) is 15.7. The van der Waals surface area contributed by atoms with Gasteiger partial charge >= 0.3 is 0 Å². The minimum absolute atomic E-state index is 1.03. The van der Waals surface area contributed by atoms with E-state index in [1.54, 1.807) is 23.1 Å².